The van der Waals surface area contributed by atoms with E-state index in [0.717, 1.165) is 18.4 Å². The maximum atomic E-state index is 12.5. The van der Waals surface area contributed by atoms with Crippen LogP contribution < -0.4 is 4.72 Å². The van der Waals surface area contributed by atoms with E-state index < -0.39 is 21.7 Å². The number of aryl methyl sites for hydroxylation is 1. The minimum atomic E-state index is -3.61. The Morgan fingerprint density at radius 3 is 2.14 bits per heavy atom. The number of nitrogens with one attached hydrogen (secondary N) is 1. The van der Waals surface area contributed by atoms with Crippen LogP contribution in [0.15, 0.2) is 29.2 Å². The van der Waals surface area contributed by atoms with E-state index in [9.17, 15) is 13.5 Å². The molecule has 4 nitrogen and oxygen atoms in total. The molecule has 1 aliphatic carbocycles. The number of hydrogen-bond donors (Lipinski definition) is 2. The lowest BCUT2D eigenvalue weighted by atomic mass is 9.85. The molecule has 1 unspecified atom stereocenters. The quantitative estimate of drug-likeness (QED) is 0.878. The molecular formula is C16H25NO3S. The summed E-state index contributed by atoms with van der Waals surface area (Å²) in [6, 6.07) is 6.32. The molecular weight excluding hydrogens is 286 g/mol. The summed E-state index contributed by atoms with van der Waals surface area (Å²) in [6.07, 6.45) is 3.22. The molecule has 21 heavy (non-hydrogen) atoms. The summed E-state index contributed by atoms with van der Waals surface area (Å²) in [7, 11) is -3.61. The van der Waals surface area contributed by atoms with Crippen molar-refractivity contribution in [3.63, 3.8) is 0 Å². The molecule has 0 aliphatic heterocycles. The maximum Gasteiger partial charge on any atom is 0.240 e. The molecule has 0 saturated heterocycles. The van der Waals surface area contributed by atoms with Crippen LogP contribution in [-0.2, 0) is 10.0 Å². The normalized spacial score (nSPS) is 19.9. The van der Waals surface area contributed by atoms with Crippen molar-refractivity contribution >= 4 is 10.0 Å². The molecule has 5 heteroatoms. The fraction of sp³-hybridized carbons (Fsp3) is 0.625. The zero-order valence-corrected chi connectivity index (χ0v) is 13.8. The van der Waals surface area contributed by atoms with Gasteiger partial charge in [0.2, 0.25) is 10.0 Å². The van der Waals surface area contributed by atoms with Gasteiger partial charge in [-0.05, 0) is 37.8 Å². The van der Waals surface area contributed by atoms with Gasteiger partial charge in [-0.1, -0.05) is 44.4 Å². The third-order valence-corrected chi connectivity index (χ3v) is 5.79. The van der Waals surface area contributed by atoms with Gasteiger partial charge >= 0.3 is 0 Å². The van der Waals surface area contributed by atoms with Crippen LogP contribution in [0.25, 0.3) is 0 Å². The summed E-state index contributed by atoms with van der Waals surface area (Å²) >= 11 is 0. The van der Waals surface area contributed by atoms with Gasteiger partial charge in [0.25, 0.3) is 0 Å². The Hall–Kier alpha value is -0.910. The molecule has 0 radical (unpaired) electrons. The summed E-state index contributed by atoms with van der Waals surface area (Å²) in [6.45, 7) is 5.80. The van der Waals surface area contributed by atoms with Gasteiger partial charge in [0.1, 0.15) is 0 Å². The Bertz CT molecular complexity index is 572. The Kier molecular flexibility index (Phi) is 4.76. The number of hydrogen-bond acceptors (Lipinski definition) is 3. The molecule has 2 rings (SSSR count). The molecule has 0 amide bonds. The van der Waals surface area contributed by atoms with Crippen LogP contribution in [0.4, 0.5) is 0 Å². The van der Waals surface area contributed by atoms with Crippen molar-refractivity contribution in [2.24, 2.45) is 5.92 Å². The minimum absolute atomic E-state index is 0.0355. The molecule has 1 aliphatic rings. The molecule has 1 atom stereocenters. The molecule has 1 aromatic rings. The first-order valence-electron chi connectivity index (χ1n) is 7.56. The molecule has 1 aromatic carbocycles. The second kappa shape index (κ2) is 6.07. The molecule has 0 aromatic heterocycles. The highest BCUT2D eigenvalue weighted by molar-refractivity contribution is 7.89. The van der Waals surface area contributed by atoms with E-state index >= 15 is 0 Å². The zero-order chi connectivity index (χ0) is 15.7. The first kappa shape index (κ1) is 16.5. The van der Waals surface area contributed by atoms with Crippen molar-refractivity contribution in [3.8, 4) is 0 Å². The van der Waals surface area contributed by atoms with Gasteiger partial charge in [-0.2, -0.15) is 0 Å². The third-order valence-electron chi connectivity index (χ3n) is 4.33. The van der Waals surface area contributed by atoms with Crippen molar-refractivity contribution in [1.82, 2.24) is 4.72 Å². The van der Waals surface area contributed by atoms with Crippen LogP contribution in [0.2, 0.25) is 0 Å². The van der Waals surface area contributed by atoms with Gasteiger partial charge in [-0.15, -0.1) is 0 Å². The molecule has 2 N–H and O–H groups in total. The molecule has 0 bridgehead atoms. The third kappa shape index (κ3) is 3.65. The Morgan fingerprint density at radius 1 is 1.14 bits per heavy atom. The highest BCUT2D eigenvalue weighted by Gasteiger charge is 2.42. The Morgan fingerprint density at radius 2 is 1.67 bits per heavy atom. The van der Waals surface area contributed by atoms with Crippen molar-refractivity contribution in [2.75, 3.05) is 0 Å². The Labute approximate surface area is 127 Å². The van der Waals surface area contributed by atoms with Crippen LogP contribution in [0.1, 0.15) is 45.1 Å². The van der Waals surface area contributed by atoms with Gasteiger partial charge in [0.15, 0.2) is 0 Å². The fourth-order valence-corrected chi connectivity index (χ4v) is 4.57. The van der Waals surface area contributed by atoms with Gasteiger partial charge in [-0.3, -0.25) is 0 Å². The highest BCUT2D eigenvalue weighted by atomic mass is 32.2. The van der Waals surface area contributed by atoms with Crippen LogP contribution >= 0.6 is 0 Å². The SMILES string of the molecule is Cc1ccc(S(=O)(=O)NC(C(C)C)C2(O)CCCC2)cc1. The van der Waals surface area contributed by atoms with E-state index in [0.29, 0.717) is 12.8 Å². The van der Waals surface area contributed by atoms with E-state index in [1.165, 1.54) is 0 Å². The van der Waals surface area contributed by atoms with Gasteiger partial charge in [-0.25, -0.2) is 13.1 Å². The van der Waals surface area contributed by atoms with Crippen molar-refractivity contribution < 1.29 is 13.5 Å². The van der Waals surface area contributed by atoms with Crippen LogP contribution in [-0.4, -0.2) is 25.2 Å². The molecule has 118 valence electrons. The predicted molar refractivity (Wildman–Crippen MR) is 83.5 cm³/mol. The average molecular weight is 311 g/mol. The summed E-state index contributed by atoms with van der Waals surface area (Å²) in [5.74, 6) is 0.0355. The van der Waals surface area contributed by atoms with Crippen LogP contribution in [0.5, 0.6) is 0 Å². The Balaban J connectivity index is 2.25. The lowest BCUT2D eigenvalue weighted by molar-refractivity contribution is 0.000381. The summed E-state index contributed by atoms with van der Waals surface area (Å²) in [5, 5.41) is 10.7. The molecule has 1 fully saturated rings. The average Bonchev–Trinajstić information content (AvgIpc) is 2.84. The van der Waals surface area contributed by atoms with Crippen molar-refractivity contribution in [2.45, 2.75) is 63.0 Å². The number of aliphatic hydroxyl groups is 1. The first-order valence-corrected chi connectivity index (χ1v) is 9.04. The monoisotopic (exact) mass is 311 g/mol. The van der Waals surface area contributed by atoms with E-state index in [2.05, 4.69) is 4.72 Å². The summed E-state index contributed by atoms with van der Waals surface area (Å²) in [5.41, 5.74) is 0.0927. The number of benzene rings is 1. The zero-order valence-electron chi connectivity index (χ0n) is 13.0. The number of rotatable bonds is 5. The van der Waals surface area contributed by atoms with Crippen LogP contribution in [0.3, 0.4) is 0 Å². The lowest BCUT2D eigenvalue weighted by Gasteiger charge is -2.35. The van der Waals surface area contributed by atoms with E-state index in [4.69, 9.17) is 0 Å². The minimum Gasteiger partial charge on any atom is -0.388 e. The molecule has 1 saturated carbocycles. The van der Waals surface area contributed by atoms with Crippen molar-refractivity contribution in [3.05, 3.63) is 29.8 Å². The van der Waals surface area contributed by atoms with Gasteiger partial charge in [0.05, 0.1) is 16.5 Å². The number of sulfonamides is 1. The highest BCUT2D eigenvalue weighted by Crippen LogP contribution is 2.35. The second-order valence-electron chi connectivity index (χ2n) is 6.47. The van der Waals surface area contributed by atoms with Gasteiger partial charge in [0, 0.05) is 0 Å². The smallest absolute Gasteiger partial charge is 0.240 e. The molecule has 0 spiro atoms. The van der Waals surface area contributed by atoms with Crippen molar-refractivity contribution in [1.29, 1.82) is 0 Å². The molecule has 0 heterocycles. The van der Waals surface area contributed by atoms with Crippen LogP contribution in [0, 0.1) is 12.8 Å². The maximum absolute atomic E-state index is 12.5. The summed E-state index contributed by atoms with van der Waals surface area (Å²) < 4.78 is 27.8. The van der Waals surface area contributed by atoms with Gasteiger partial charge < -0.3 is 5.11 Å². The fourth-order valence-electron chi connectivity index (χ4n) is 3.12. The van der Waals surface area contributed by atoms with E-state index in [1.54, 1.807) is 24.3 Å². The predicted octanol–water partition coefficient (Wildman–Crippen LogP) is 2.60. The van der Waals surface area contributed by atoms with E-state index in [-0.39, 0.29) is 10.8 Å². The largest absolute Gasteiger partial charge is 0.388 e. The standard InChI is InChI=1S/C16H25NO3S/c1-12(2)15(16(18)10-4-5-11-16)17-21(19,20)14-8-6-13(3)7-9-14/h6-9,12,15,17-18H,4-5,10-11H2,1-3H3. The summed E-state index contributed by atoms with van der Waals surface area (Å²) in [4.78, 5) is 0.250. The second-order valence-corrected chi connectivity index (χ2v) is 8.18. The first-order chi connectivity index (χ1) is 9.74. The van der Waals surface area contributed by atoms with E-state index in [1.807, 2.05) is 20.8 Å². The topological polar surface area (TPSA) is 66.4 Å². The lowest BCUT2D eigenvalue weighted by Crippen LogP contribution is -2.54.